The number of aromatic nitrogens is 1. The summed E-state index contributed by atoms with van der Waals surface area (Å²) in [6.45, 7) is 3.24. The Morgan fingerprint density at radius 2 is 1.88 bits per heavy atom. The summed E-state index contributed by atoms with van der Waals surface area (Å²) in [7, 11) is -9.01. The molecule has 26 heavy (non-hydrogen) atoms. The van der Waals surface area contributed by atoms with E-state index in [1.807, 2.05) is 37.3 Å². The van der Waals surface area contributed by atoms with Gasteiger partial charge in [0, 0.05) is 18.3 Å². The van der Waals surface area contributed by atoms with Crippen LogP contribution in [0.25, 0.3) is 11.1 Å². The fourth-order valence-electron chi connectivity index (χ4n) is 2.51. The van der Waals surface area contributed by atoms with Gasteiger partial charge in [0.2, 0.25) is 7.37 Å². The fraction of sp³-hybridized carbons (Fsp3) is 0.353. The molecule has 2 N–H and O–H groups in total. The Morgan fingerprint density at radius 3 is 2.50 bits per heavy atom. The van der Waals surface area contributed by atoms with E-state index in [4.69, 9.17) is 4.74 Å². The maximum Gasteiger partial charge on any atom is 0.215 e. The number of benzene rings is 1. The Morgan fingerprint density at radius 1 is 1.19 bits per heavy atom. The van der Waals surface area contributed by atoms with Gasteiger partial charge in [-0.25, -0.2) is 4.57 Å². The van der Waals surface area contributed by atoms with Crippen molar-refractivity contribution in [1.82, 2.24) is 0 Å². The molecule has 3 atom stereocenters. The summed E-state index contributed by atoms with van der Waals surface area (Å²) in [6.07, 6.45) is 4.14. The van der Waals surface area contributed by atoms with E-state index in [1.165, 1.54) is 4.57 Å². The zero-order valence-electron chi connectivity index (χ0n) is 14.7. The number of hydrogen-bond donors (Lipinski definition) is 2. The van der Waals surface area contributed by atoms with Gasteiger partial charge < -0.3 is 24.0 Å². The van der Waals surface area contributed by atoms with Gasteiger partial charge in [-0.15, -0.1) is 0 Å². The van der Waals surface area contributed by atoms with Gasteiger partial charge >= 0.3 is 0 Å². The third-order valence-corrected chi connectivity index (χ3v) is 8.15. The molecule has 7 nitrogen and oxygen atoms in total. The van der Waals surface area contributed by atoms with E-state index in [9.17, 15) is 23.8 Å². The molecule has 142 valence electrons. The number of nitrogens with zero attached hydrogens (tertiary/aromatic N) is 1. The molecular formula is C17H23NO6P2. The molecule has 9 heteroatoms. The highest BCUT2D eigenvalue weighted by atomic mass is 31.2. The smallest absolute Gasteiger partial charge is 0.215 e. The lowest BCUT2D eigenvalue weighted by Crippen LogP contribution is -2.40. The van der Waals surface area contributed by atoms with Crippen molar-refractivity contribution in [3.05, 3.63) is 48.8 Å². The van der Waals surface area contributed by atoms with Crippen LogP contribution in [0, 0.1) is 0 Å². The lowest BCUT2D eigenvalue weighted by atomic mass is 10.1. The van der Waals surface area contributed by atoms with Crippen molar-refractivity contribution in [2.45, 2.75) is 25.3 Å². The van der Waals surface area contributed by atoms with E-state index in [1.54, 1.807) is 18.5 Å². The molecule has 0 saturated heterocycles. The molecule has 0 bridgehead atoms. The zero-order chi connectivity index (χ0) is 19.4. The normalized spacial score (nSPS) is 17.1. The first-order valence-corrected chi connectivity index (χ1v) is 12.0. The maximum atomic E-state index is 11.9. The van der Waals surface area contributed by atoms with E-state index in [0.717, 1.165) is 30.0 Å². The average molecular weight is 399 g/mol. The van der Waals surface area contributed by atoms with Gasteiger partial charge in [-0.3, -0.25) is 4.57 Å². The Bertz CT molecular complexity index is 823. The predicted octanol–water partition coefficient (Wildman–Crippen LogP) is 2.20. The molecule has 0 radical (unpaired) electrons. The van der Waals surface area contributed by atoms with Crippen molar-refractivity contribution in [2.24, 2.45) is 0 Å². The summed E-state index contributed by atoms with van der Waals surface area (Å²) < 4.78 is 30.5. The van der Waals surface area contributed by atoms with Gasteiger partial charge in [0.05, 0.1) is 6.61 Å². The number of pyridine rings is 1. The molecular weight excluding hydrogens is 376 g/mol. The lowest BCUT2D eigenvalue weighted by Gasteiger charge is -2.26. The highest BCUT2D eigenvalue weighted by Crippen LogP contribution is 2.57. The van der Waals surface area contributed by atoms with Crippen LogP contribution >= 0.6 is 15.0 Å². The maximum absolute atomic E-state index is 11.9. The third kappa shape index (κ3) is 5.76. The van der Waals surface area contributed by atoms with E-state index in [2.05, 4.69) is 0 Å². The molecule has 2 aromatic rings. The van der Waals surface area contributed by atoms with Crippen LogP contribution in [0.15, 0.2) is 48.8 Å². The Hall–Kier alpha value is -1.49. The molecule has 0 aliphatic carbocycles. The van der Waals surface area contributed by atoms with Crippen molar-refractivity contribution >= 4 is 15.0 Å². The van der Waals surface area contributed by atoms with Crippen LogP contribution < -0.4 is 14.2 Å². The number of ether oxygens (including phenoxy) is 1. The molecule has 1 aromatic carbocycles. The molecule has 0 aliphatic heterocycles. The number of rotatable bonds is 8. The first kappa shape index (κ1) is 20.8. The SMILES string of the molecule is CCCOc1cccc(-c2ccc[n+](CC(P(C)(=O)O)P(=O)([O-])O)c2)c1. The summed E-state index contributed by atoms with van der Waals surface area (Å²) >= 11 is 0. The van der Waals surface area contributed by atoms with Gasteiger partial charge in [-0.05, 0) is 30.2 Å². The standard InChI is InChI=1S/C17H23NO6P2/c1-3-10-24-16-8-4-6-14(11-16)15-7-5-9-18(12-15)13-17(25(2,19)20)26(21,22)23/h4-9,11-12,17H,3,10,13H2,1-2H3,(H2-,19,20,21,22,23). The van der Waals surface area contributed by atoms with Crippen LogP contribution in [-0.4, -0.2) is 28.5 Å². The molecule has 1 heterocycles. The second kappa shape index (κ2) is 8.47. The van der Waals surface area contributed by atoms with Crippen LogP contribution in [0.4, 0.5) is 0 Å². The van der Waals surface area contributed by atoms with E-state index < -0.39 is 20.4 Å². The van der Waals surface area contributed by atoms with E-state index in [-0.39, 0.29) is 6.54 Å². The zero-order valence-corrected chi connectivity index (χ0v) is 16.5. The van der Waals surface area contributed by atoms with Gasteiger partial charge in [-0.1, -0.05) is 19.1 Å². The topological polar surface area (TPSA) is 111 Å². The quantitative estimate of drug-likeness (QED) is 0.520. The highest BCUT2D eigenvalue weighted by Gasteiger charge is 2.37. The minimum Gasteiger partial charge on any atom is -0.778 e. The predicted molar refractivity (Wildman–Crippen MR) is 97.2 cm³/mol. The Labute approximate surface area is 152 Å². The largest absolute Gasteiger partial charge is 0.778 e. The Balaban J connectivity index is 2.30. The lowest BCUT2D eigenvalue weighted by molar-refractivity contribution is -0.694. The van der Waals surface area contributed by atoms with Crippen molar-refractivity contribution in [3.63, 3.8) is 0 Å². The number of hydrogen-bond acceptors (Lipinski definition) is 4. The summed E-state index contributed by atoms with van der Waals surface area (Å²) in [4.78, 5) is 30.5. The molecule has 3 unspecified atom stereocenters. The molecule has 0 saturated carbocycles. The van der Waals surface area contributed by atoms with Crippen molar-refractivity contribution in [1.29, 1.82) is 0 Å². The van der Waals surface area contributed by atoms with Crippen LogP contribution in [0.2, 0.25) is 0 Å². The van der Waals surface area contributed by atoms with Crippen molar-refractivity contribution < 1.29 is 33.1 Å². The van der Waals surface area contributed by atoms with Gasteiger partial charge in [0.25, 0.3) is 0 Å². The van der Waals surface area contributed by atoms with Crippen molar-refractivity contribution in [3.8, 4) is 16.9 Å². The first-order valence-electron chi connectivity index (χ1n) is 8.17. The second-order valence-corrected chi connectivity index (χ2v) is 10.8. The molecule has 0 amide bonds. The second-order valence-electron chi connectivity index (χ2n) is 6.15. The van der Waals surface area contributed by atoms with Crippen LogP contribution in [-0.2, 0) is 15.7 Å². The first-order chi connectivity index (χ1) is 12.1. The van der Waals surface area contributed by atoms with Crippen LogP contribution in [0.5, 0.6) is 5.75 Å². The van der Waals surface area contributed by atoms with E-state index in [0.29, 0.717) is 6.61 Å². The summed E-state index contributed by atoms with van der Waals surface area (Å²) in [5, 5.41) is -1.76. The minimum absolute atomic E-state index is 0.318. The summed E-state index contributed by atoms with van der Waals surface area (Å²) in [6, 6.07) is 11.0. The highest BCUT2D eigenvalue weighted by molar-refractivity contribution is 7.72. The molecule has 0 fully saturated rings. The monoisotopic (exact) mass is 399 g/mol. The van der Waals surface area contributed by atoms with Crippen LogP contribution in [0.1, 0.15) is 13.3 Å². The van der Waals surface area contributed by atoms with Gasteiger partial charge in [0.1, 0.15) is 5.75 Å². The molecule has 0 spiro atoms. The van der Waals surface area contributed by atoms with Gasteiger partial charge in [0.15, 0.2) is 31.9 Å². The van der Waals surface area contributed by atoms with E-state index >= 15 is 0 Å². The fourth-order valence-corrected chi connectivity index (χ4v) is 5.56. The average Bonchev–Trinajstić information content (AvgIpc) is 2.56. The Kier molecular flexibility index (Phi) is 6.78. The van der Waals surface area contributed by atoms with Crippen LogP contribution in [0.3, 0.4) is 0 Å². The summed E-state index contributed by atoms with van der Waals surface area (Å²) in [5.74, 6) is 0.727. The minimum atomic E-state index is -4.97. The third-order valence-electron chi connectivity index (χ3n) is 3.80. The molecule has 2 rings (SSSR count). The summed E-state index contributed by atoms with van der Waals surface area (Å²) in [5.41, 5.74) is 1.65. The molecule has 1 aromatic heterocycles. The molecule has 0 aliphatic rings. The van der Waals surface area contributed by atoms with Gasteiger partial charge in [-0.2, -0.15) is 0 Å². The van der Waals surface area contributed by atoms with Crippen molar-refractivity contribution in [2.75, 3.05) is 13.3 Å².